The number of fused-ring (bicyclic) bond motifs is 11. The molecule has 7 aromatic rings. The third kappa shape index (κ3) is 27.4. The second-order valence-electron chi connectivity index (χ2n) is 41.3. The molecule has 6 fully saturated rings. The molecular weight excluding hydrogens is 2040 g/mol. The van der Waals surface area contributed by atoms with Crippen LogP contribution in [0.5, 0.6) is 0 Å². The van der Waals surface area contributed by atoms with Crippen molar-refractivity contribution in [1.82, 2.24) is 51.8 Å². The fraction of sp³-hybridized carbons (Fsp3) is 0.530. The highest BCUT2D eigenvalue weighted by molar-refractivity contribution is 9.11. The lowest BCUT2D eigenvalue weighted by molar-refractivity contribution is -0.153. The quantitative estimate of drug-likeness (QED) is 0.0665. The Morgan fingerprint density at radius 3 is 1.19 bits per heavy atom. The lowest BCUT2D eigenvalue weighted by atomic mass is 9.88. The summed E-state index contributed by atoms with van der Waals surface area (Å²) in [6, 6.07) is 28.5. The molecule has 6 heterocycles. The van der Waals surface area contributed by atoms with Gasteiger partial charge in [0.1, 0.15) is 46.1 Å². The van der Waals surface area contributed by atoms with Gasteiger partial charge in [0.15, 0.2) is 18.0 Å². The molecule has 0 radical (unpaired) electrons. The first-order valence-corrected chi connectivity index (χ1v) is 49.1. The summed E-state index contributed by atoms with van der Waals surface area (Å²) < 4.78 is 38.6. The first kappa shape index (κ1) is 107. The monoisotopic (exact) mass is 2170 g/mol. The Balaban J connectivity index is 0.000000172. The third-order valence-corrected chi connectivity index (χ3v) is 26.6. The number of H-pyrrole nitrogens is 2. The van der Waals surface area contributed by atoms with E-state index in [1.807, 2.05) is 108 Å². The van der Waals surface area contributed by atoms with Gasteiger partial charge in [-0.3, -0.25) is 43.6 Å². The zero-order valence-electron chi connectivity index (χ0n) is 79.7. The Morgan fingerprint density at radius 2 is 0.754 bits per heavy atom. The lowest BCUT2D eigenvalue weighted by Gasteiger charge is -2.31. The summed E-state index contributed by atoms with van der Waals surface area (Å²) in [6.07, 6.45) is 10.7. The molecule has 4 amide bonds. The third-order valence-electron chi connectivity index (χ3n) is 24.2. The Labute approximate surface area is 826 Å². The Morgan fingerprint density at radius 1 is 0.410 bits per heavy atom. The summed E-state index contributed by atoms with van der Waals surface area (Å²) in [4.78, 5) is 155. The number of aromatic amines is 2. The molecule has 11 aliphatic rings. The van der Waals surface area contributed by atoms with Gasteiger partial charge in [-0.25, -0.2) is 38.7 Å². The van der Waals surface area contributed by atoms with E-state index in [4.69, 9.17) is 58.2 Å². The highest BCUT2D eigenvalue weighted by Crippen LogP contribution is 2.55. The number of halogens is 5. The molecule has 5 aromatic carbocycles. The number of rotatable bonds is 6. The topological polar surface area (TPSA) is 424 Å². The number of esters is 2. The number of piperidine rings is 2. The number of carbonyl (C=O) groups is 11. The smallest absolute Gasteiger partial charge is 0.411 e. The second-order valence-corrected chi connectivity index (χ2v) is 45.8. The number of carboxylic acid groups (broad SMARTS) is 2. The number of imidazole rings is 2. The van der Waals surface area contributed by atoms with Crippen molar-refractivity contribution in [1.29, 1.82) is 0 Å². The second kappa shape index (κ2) is 42.8. The van der Waals surface area contributed by atoms with Crippen LogP contribution in [0, 0.1) is 22.7 Å². The zero-order valence-corrected chi connectivity index (χ0v) is 87.6. The SMILES string of the molecule is CC(=O)O.CC(=O)O.CC(C)(C)OC(=O)N1[C@@H]2C[C@@H]2C[C@H]1C(=O)OC1CCc2cc(Br)ccc2C1=O.CC(C)(C)OC(=O)N1[C@@H]2C[C@@H]2C[C@H]1c1nc2c([nH]1)CCc1cc(Br)ccc1-2.CC1(C)C[C@@H](C(=O)OC2CCc3cc(Br)ccc3C2=O)N(C(=O)OC(C)(C)C)C1.CC1(C)C[C@@H](c2nc3c([nH]2)CCc2cc(Br)ccc2-3)N(C(=O)OC(C)(C)C)C1.N.N.O=C1CCCc2cc(Br)ccc21. The van der Waals surface area contributed by atoms with E-state index < -0.39 is 82.8 Å². The molecule has 10 atom stereocenters. The van der Waals surface area contributed by atoms with E-state index in [0.29, 0.717) is 92.8 Å². The largest absolute Gasteiger partial charge is 0.481 e. The van der Waals surface area contributed by atoms with Crippen molar-refractivity contribution in [3.05, 3.63) is 181 Å². The van der Waals surface area contributed by atoms with Gasteiger partial charge in [-0.15, -0.1) is 0 Å². The zero-order chi connectivity index (χ0) is 96.7. The Bertz CT molecular complexity index is 5590. The number of hydrogen-bond donors (Lipinski definition) is 6. The van der Waals surface area contributed by atoms with E-state index in [9.17, 15) is 43.2 Å². The summed E-state index contributed by atoms with van der Waals surface area (Å²) in [5.41, 5.74) is 12.2. The number of benzene rings is 5. The predicted molar refractivity (Wildman–Crippen MR) is 525 cm³/mol. The van der Waals surface area contributed by atoms with Crippen molar-refractivity contribution < 1.29 is 91.4 Å². The Hall–Kier alpha value is -9.19. The van der Waals surface area contributed by atoms with Gasteiger partial charge in [-0.05, 0) is 309 Å². The van der Waals surface area contributed by atoms with Crippen LogP contribution in [0.4, 0.5) is 19.2 Å². The fourth-order valence-electron chi connectivity index (χ4n) is 18.5. The maximum Gasteiger partial charge on any atom is 0.411 e. The van der Waals surface area contributed by atoms with Crippen molar-refractivity contribution in [2.24, 2.45) is 22.7 Å². The van der Waals surface area contributed by atoms with Gasteiger partial charge in [0.05, 0.1) is 23.5 Å². The number of nitrogens with zero attached hydrogens (tertiary/aromatic N) is 6. The molecule has 2 aromatic heterocycles. The van der Waals surface area contributed by atoms with Gasteiger partial charge < -0.3 is 60.9 Å². The summed E-state index contributed by atoms with van der Waals surface area (Å²) in [7, 11) is 0. The van der Waals surface area contributed by atoms with Crippen LogP contribution >= 0.6 is 79.6 Å². The number of ketones is 3. The standard InChI is InChI=1S/C22H28BrN3O2.C22H28BrNO5.C21H24BrN3O2.C21H24BrNO5.C10H9BrO.2C2H4O2.2H3N/c1-21(2,3)28-20(27)26-12-22(4,5)11-17(26)19-24-16-9-6-13-10-14(23)7-8-15(13)18(16)25-19;1-21(2,3)29-20(27)24-12-22(4,5)11-16(24)19(26)28-17-9-6-13-10-14(23)7-8-15(13)18(17)25;1-21(2,3)27-20(26)25-16-9-12(16)10-17(25)19-23-15-7-4-11-8-13(22)5-6-14(11)18(15)24-19;1-21(2,3)28-20(26)23-15-9-12(15)10-16(23)19(25)27-17-7-4-11-8-13(22)5-6-14(11)18(17)24;11-8-4-5-9-7(6-8)2-1-3-10(9)12;2*1-2(3)4;;/h7-8,10,17H,6,9,11-12H2,1-5H3,(H,24,25);7-8,10,16-17H,6,9,11-12H2,1-5H3;5-6,8,12,16-17H,4,7,9-10H2,1-3H3,(H,23,24);5-6,8,12,15-17H,4,7,9-10H2,1-3H3;4-6H,1-3H2;2*1H3,(H,3,4);2*1H3/t17-;16-,17?;12-,16-,17+;12-,15-,16+,17?;;;;;/m0011...../s1. The number of aromatic nitrogens is 4. The fourth-order valence-corrected chi connectivity index (χ4v) is 20.6. The molecule has 0 spiro atoms. The molecule has 134 heavy (non-hydrogen) atoms. The van der Waals surface area contributed by atoms with Crippen LogP contribution in [0.1, 0.15) is 283 Å². The van der Waals surface area contributed by atoms with Crippen molar-refractivity contribution in [2.45, 2.75) is 305 Å². The molecule has 0 bridgehead atoms. The lowest BCUT2D eigenvalue weighted by Crippen LogP contribution is -2.47. The van der Waals surface area contributed by atoms with E-state index in [0.717, 1.165) is 140 Å². The van der Waals surface area contributed by atoms with Crippen LogP contribution in [-0.2, 0) is 92.5 Å². The van der Waals surface area contributed by atoms with Crippen LogP contribution in [0.25, 0.3) is 22.5 Å². The molecule has 2 saturated carbocycles. The van der Waals surface area contributed by atoms with Crippen molar-refractivity contribution in [2.75, 3.05) is 13.1 Å². The number of Topliss-reactive ketones (excluding diaryl/α,β-unsaturated/α-hetero) is 3. The van der Waals surface area contributed by atoms with E-state index in [1.54, 1.807) is 53.7 Å². The normalized spacial score (nSPS) is 22.3. The number of carboxylic acids is 2. The Kier molecular flexibility index (Phi) is 34.2. The van der Waals surface area contributed by atoms with Gasteiger partial charge in [0.25, 0.3) is 11.9 Å². The molecular formula is C100H127Br5N10O19. The molecule has 10 N–H and O–H groups in total. The van der Waals surface area contributed by atoms with Crippen LogP contribution in [0.15, 0.2) is 113 Å². The number of hydrogen-bond acceptors (Lipinski definition) is 21. The molecule has 34 heteroatoms. The van der Waals surface area contributed by atoms with Gasteiger partial charge in [-0.2, -0.15) is 0 Å². The van der Waals surface area contributed by atoms with Crippen LogP contribution in [-0.4, -0.2) is 187 Å². The average Bonchev–Trinajstić information content (AvgIpc) is 1.57. The molecule has 2 unspecified atom stereocenters. The van der Waals surface area contributed by atoms with Gasteiger partial charge in [-0.1, -0.05) is 126 Å². The average molecular weight is 2170 g/mol. The maximum absolute atomic E-state index is 13.0. The summed E-state index contributed by atoms with van der Waals surface area (Å²) in [6.45, 7) is 33.9. The molecule has 4 saturated heterocycles. The van der Waals surface area contributed by atoms with Crippen LogP contribution in [0.2, 0.25) is 0 Å². The number of aryl methyl sites for hydroxylation is 7. The van der Waals surface area contributed by atoms with Gasteiger partial charge >= 0.3 is 36.3 Å². The minimum absolute atomic E-state index is 0. The van der Waals surface area contributed by atoms with Gasteiger partial charge in [0, 0.05) is 107 Å². The first-order valence-electron chi connectivity index (χ1n) is 45.1. The summed E-state index contributed by atoms with van der Waals surface area (Å²) in [5, 5.41) is 14.8. The maximum atomic E-state index is 13.0. The highest BCUT2D eigenvalue weighted by Gasteiger charge is 2.59. The van der Waals surface area contributed by atoms with Crippen molar-refractivity contribution >= 4 is 145 Å². The van der Waals surface area contributed by atoms with E-state index in [2.05, 4.69) is 140 Å². The number of amides is 4. The minimum atomic E-state index is -0.833. The molecule has 18 rings (SSSR count). The number of carbonyl (C=O) groups excluding carboxylic acids is 9. The number of ether oxygens (including phenoxy) is 6. The molecule has 4 aliphatic heterocycles. The van der Waals surface area contributed by atoms with Crippen LogP contribution < -0.4 is 12.3 Å². The molecule has 726 valence electrons. The first-order chi connectivity index (χ1) is 61.6. The van der Waals surface area contributed by atoms with Crippen molar-refractivity contribution in [3.8, 4) is 22.5 Å². The van der Waals surface area contributed by atoms with E-state index in [-0.39, 0.29) is 65.0 Å². The van der Waals surface area contributed by atoms with Gasteiger partial charge in [0.2, 0.25) is 11.6 Å². The van der Waals surface area contributed by atoms with Crippen molar-refractivity contribution in [3.63, 3.8) is 0 Å². The summed E-state index contributed by atoms with van der Waals surface area (Å²) >= 11 is 17.4. The molecule has 7 aliphatic carbocycles. The van der Waals surface area contributed by atoms with Crippen LogP contribution in [0.3, 0.4) is 0 Å². The number of aliphatic carboxylic acids is 2. The minimum Gasteiger partial charge on any atom is -0.481 e. The van der Waals surface area contributed by atoms with E-state index in [1.165, 1.54) is 49.0 Å². The number of likely N-dealkylation sites (tertiary alicyclic amines) is 4. The highest BCUT2D eigenvalue weighted by atomic mass is 79.9. The predicted octanol–water partition coefficient (Wildman–Crippen LogP) is 22.5. The molecule has 29 nitrogen and oxygen atoms in total. The number of nitrogens with one attached hydrogen (secondary N) is 2. The van der Waals surface area contributed by atoms with E-state index >= 15 is 0 Å². The summed E-state index contributed by atoms with van der Waals surface area (Å²) in [5.74, 6) is -0.0764.